The van der Waals surface area contributed by atoms with E-state index in [-0.39, 0.29) is 18.7 Å². The molecule has 0 aromatic rings. The molecular formula is C10H18O4. The lowest BCUT2D eigenvalue weighted by molar-refractivity contribution is -0.121. The molecule has 0 radical (unpaired) electrons. The van der Waals surface area contributed by atoms with Crippen molar-refractivity contribution in [1.82, 2.24) is 0 Å². The maximum absolute atomic E-state index is 11.3. The Morgan fingerprint density at radius 3 is 2.57 bits per heavy atom. The quantitative estimate of drug-likeness (QED) is 0.622. The summed E-state index contributed by atoms with van der Waals surface area (Å²) < 4.78 is 10.4. The Labute approximate surface area is 84.2 Å². The van der Waals surface area contributed by atoms with Crippen molar-refractivity contribution in [3.63, 3.8) is 0 Å². The number of carbonyl (C=O) groups excluding carboxylic acids is 1. The molecule has 0 bridgehead atoms. The highest BCUT2D eigenvalue weighted by Crippen LogP contribution is 2.11. The number of rotatable bonds is 7. The van der Waals surface area contributed by atoms with E-state index in [4.69, 9.17) is 14.6 Å². The van der Waals surface area contributed by atoms with Gasteiger partial charge in [0.2, 0.25) is 0 Å². The van der Waals surface area contributed by atoms with Crippen LogP contribution in [0.15, 0.2) is 0 Å². The molecule has 1 aliphatic rings. The summed E-state index contributed by atoms with van der Waals surface area (Å²) in [5.74, 6) is 0.234. The van der Waals surface area contributed by atoms with E-state index >= 15 is 0 Å². The minimum atomic E-state index is -0.170. The molecular weight excluding hydrogens is 184 g/mol. The van der Waals surface area contributed by atoms with Gasteiger partial charge in [0.05, 0.1) is 13.2 Å². The van der Waals surface area contributed by atoms with E-state index in [9.17, 15) is 4.79 Å². The van der Waals surface area contributed by atoms with Crippen LogP contribution >= 0.6 is 0 Å². The molecule has 1 aliphatic heterocycles. The molecule has 1 fully saturated rings. The third-order valence-corrected chi connectivity index (χ3v) is 2.21. The third kappa shape index (κ3) is 4.69. The number of ether oxygens (including phenoxy) is 2. The van der Waals surface area contributed by atoms with Crippen molar-refractivity contribution in [2.75, 3.05) is 19.8 Å². The molecule has 1 rings (SSSR count). The summed E-state index contributed by atoms with van der Waals surface area (Å²) in [7, 11) is 0. The van der Waals surface area contributed by atoms with Crippen molar-refractivity contribution < 1.29 is 19.4 Å². The molecule has 0 aliphatic carbocycles. The summed E-state index contributed by atoms with van der Waals surface area (Å²) in [4.78, 5) is 11.3. The van der Waals surface area contributed by atoms with Gasteiger partial charge >= 0.3 is 0 Å². The highest BCUT2D eigenvalue weighted by Gasteiger charge is 2.16. The maximum Gasteiger partial charge on any atom is 0.158 e. The van der Waals surface area contributed by atoms with E-state index in [0.717, 1.165) is 6.42 Å². The van der Waals surface area contributed by atoms with Crippen molar-refractivity contribution in [3.8, 4) is 0 Å². The topological polar surface area (TPSA) is 55.8 Å². The first-order valence-corrected chi connectivity index (χ1v) is 5.18. The summed E-state index contributed by atoms with van der Waals surface area (Å²) in [5, 5.41) is 8.53. The first-order chi connectivity index (χ1) is 6.83. The lowest BCUT2D eigenvalue weighted by Crippen LogP contribution is -2.10. The van der Waals surface area contributed by atoms with Crippen LogP contribution in [0, 0.1) is 0 Å². The second-order valence-corrected chi connectivity index (χ2v) is 3.43. The van der Waals surface area contributed by atoms with Crippen molar-refractivity contribution >= 4 is 5.78 Å². The predicted octanol–water partition coefficient (Wildman–Crippen LogP) is 0.871. The van der Waals surface area contributed by atoms with Crippen LogP contribution in [0.1, 0.15) is 32.1 Å². The van der Waals surface area contributed by atoms with Gasteiger partial charge in [-0.05, 0) is 12.8 Å². The summed E-state index contributed by atoms with van der Waals surface area (Å²) >= 11 is 0. The molecule has 4 heteroatoms. The first-order valence-electron chi connectivity index (χ1n) is 5.18. The van der Waals surface area contributed by atoms with Crippen molar-refractivity contribution in [2.24, 2.45) is 0 Å². The van der Waals surface area contributed by atoms with Crippen LogP contribution in [0.5, 0.6) is 0 Å². The van der Waals surface area contributed by atoms with Crippen molar-refractivity contribution in [1.29, 1.82) is 0 Å². The number of aliphatic hydroxyl groups excluding tert-OH is 1. The Morgan fingerprint density at radius 1 is 1.21 bits per heavy atom. The lowest BCUT2D eigenvalue weighted by atomic mass is 10.1. The molecule has 0 amide bonds. The van der Waals surface area contributed by atoms with E-state index in [1.54, 1.807) is 0 Å². The van der Waals surface area contributed by atoms with Gasteiger partial charge in [-0.2, -0.15) is 0 Å². The minimum Gasteiger partial charge on any atom is -0.396 e. The Kier molecular flexibility index (Phi) is 5.75. The number of Topliss-reactive ketones (excluding diaryl/α,β-unsaturated/α-hetero) is 1. The summed E-state index contributed by atoms with van der Waals surface area (Å²) in [6, 6.07) is 0. The highest BCUT2D eigenvalue weighted by atomic mass is 16.7. The number of hydrogen-bond acceptors (Lipinski definition) is 4. The summed E-state index contributed by atoms with van der Waals surface area (Å²) in [5.41, 5.74) is 0. The average Bonchev–Trinajstić information content (AvgIpc) is 2.68. The van der Waals surface area contributed by atoms with Gasteiger partial charge < -0.3 is 14.6 Å². The molecule has 0 aromatic heterocycles. The maximum atomic E-state index is 11.3. The number of aliphatic hydroxyl groups is 1. The average molecular weight is 202 g/mol. The van der Waals surface area contributed by atoms with Gasteiger partial charge in [0.1, 0.15) is 5.78 Å². The monoisotopic (exact) mass is 202 g/mol. The lowest BCUT2D eigenvalue weighted by Gasteiger charge is -2.07. The SMILES string of the molecule is O=C(CCCCO)CCC1OCCO1. The van der Waals surface area contributed by atoms with Crippen LogP contribution in [0.4, 0.5) is 0 Å². The summed E-state index contributed by atoms with van der Waals surface area (Å²) in [6.07, 6.45) is 3.07. The van der Waals surface area contributed by atoms with Crippen LogP contribution in [0.3, 0.4) is 0 Å². The van der Waals surface area contributed by atoms with E-state index in [0.29, 0.717) is 38.9 Å². The first kappa shape index (κ1) is 11.6. The molecule has 0 saturated carbocycles. The molecule has 0 aromatic carbocycles. The van der Waals surface area contributed by atoms with Gasteiger partial charge in [-0.1, -0.05) is 0 Å². The Morgan fingerprint density at radius 2 is 1.93 bits per heavy atom. The molecule has 1 heterocycles. The van der Waals surface area contributed by atoms with E-state index in [1.807, 2.05) is 0 Å². The van der Waals surface area contributed by atoms with Crippen LogP contribution in [-0.2, 0) is 14.3 Å². The van der Waals surface area contributed by atoms with Crippen LogP contribution in [-0.4, -0.2) is 37.0 Å². The Balaban J connectivity index is 1.96. The Hall–Kier alpha value is -0.450. The molecule has 1 N–H and O–H groups in total. The smallest absolute Gasteiger partial charge is 0.158 e. The fraction of sp³-hybridized carbons (Fsp3) is 0.900. The fourth-order valence-electron chi connectivity index (χ4n) is 1.41. The molecule has 0 atom stereocenters. The molecule has 4 nitrogen and oxygen atoms in total. The molecule has 14 heavy (non-hydrogen) atoms. The zero-order valence-corrected chi connectivity index (χ0v) is 8.41. The number of ketones is 1. The van der Waals surface area contributed by atoms with Gasteiger partial charge in [0.25, 0.3) is 0 Å². The van der Waals surface area contributed by atoms with E-state index < -0.39 is 0 Å². The molecule has 1 saturated heterocycles. The van der Waals surface area contributed by atoms with Gasteiger partial charge in [-0.3, -0.25) is 4.79 Å². The highest BCUT2D eigenvalue weighted by molar-refractivity contribution is 5.78. The standard InChI is InChI=1S/C10H18O4/c11-6-2-1-3-9(12)4-5-10-13-7-8-14-10/h10-11H,1-8H2. The normalized spacial score (nSPS) is 17.5. The van der Waals surface area contributed by atoms with E-state index in [1.165, 1.54) is 0 Å². The largest absolute Gasteiger partial charge is 0.396 e. The Bertz CT molecular complexity index is 164. The zero-order valence-electron chi connectivity index (χ0n) is 8.41. The predicted molar refractivity (Wildman–Crippen MR) is 50.9 cm³/mol. The summed E-state index contributed by atoms with van der Waals surface area (Å²) in [6.45, 7) is 1.45. The molecule has 0 unspecified atom stereocenters. The van der Waals surface area contributed by atoms with Gasteiger partial charge in [0.15, 0.2) is 6.29 Å². The fourth-order valence-corrected chi connectivity index (χ4v) is 1.41. The number of unbranched alkanes of at least 4 members (excludes halogenated alkanes) is 1. The van der Waals surface area contributed by atoms with Crippen LogP contribution in [0.2, 0.25) is 0 Å². The minimum absolute atomic E-state index is 0.169. The third-order valence-electron chi connectivity index (χ3n) is 2.21. The second kappa shape index (κ2) is 6.92. The van der Waals surface area contributed by atoms with Gasteiger partial charge in [0, 0.05) is 25.9 Å². The number of carbonyl (C=O) groups is 1. The zero-order chi connectivity index (χ0) is 10.2. The second-order valence-electron chi connectivity index (χ2n) is 3.43. The van der Waals surface area contributed by atoms with Gasteiger partial charge in [-0.15, -0.1) is 0 Å². The van der Waals surface area contributed by atoms with E-state index in [2.05, 4.69) is 0 Å². The molecule has 0 spiro atoms. The number of hydrogen-bond donors (Lipinski definition) is 1. The van der Waals surface area contributed by atoms with Crippen LogP contribution in [0.25, 0.3) is 0 Å². The van der Waals surface area contributed by atoms with Crippen molar-refractivity contribution in [3.05, 3.63) is 0 Å². The van der Waals surface area contributed by atoms with Crippen LogP contribution < -0.4 is 0 Å². The van der Waals surface area contributed by atoms with Gasteiger partial charge in [-0.25, -0.2) is 0 Å². The van der Waals surface area contributed by atoms with Crippen molar-refractivity contribution in [2.45, 2.75) is 38.4 Å². The molecule has 82 valence electrons.